The molecule has 31 heavy (non-hydrogen) atoms. The first-order valence-electron chi connectivity index (χ1n) is 10.2. The van der Waals surface area contributed by atoms with E-state index in [2.05, 4.69) is 16.7 Å². The van der Waals surface area contributed by atoms with Crippen LogP contribution < -0.4 is 15.4 Å². The molecule has 2 heterocycles. The van der Waals surface area contributed by atoms with Gasteiger partial charge in [0.05, 0.1) is 23.8 Å². The maximum atomic E-state index is 10.8. The third kappa shape index (κ3) is 4.87. The van der Waals surface area contributed by atoms with E-state index in [9.17, 15) is 10.1 Å². The Hall–Kier alpha value is -3.76. The number of para-hydroxylation sites is 1. The molecule has 7 heteroatoms. The van der Waals surface area contributed by atoms with Crippen LogP contribution in [0.15, 0.2) is 65.1 Å². The highest BCUT2D eigenvalue weighted by Crippen LogP contribution is 2.35. The summed E-state index contributed by atoms with van der Waals surface area (Å²) in [6.45, 7) is 1.21. The largest absolute Gasteiger partial charge is 0.483 e. The molecule has 0 unspecified atom stereocenters. The van der Waals surface area contributed by atoms with E-state index in [1.165, 1.54) is 0 Å². The highest BCUT2D eigenvalue weighted by molar-refractivity contribution is 5.69. The minimum Gasteiger partial charge on any atom is -0.483 e. The number of nitrogens with one attached hydrogen (secondary N) is 2. The van der Waals surface area contributed by atoms with E-state index in [-0.39, 0.29) is 18.6 Å². The number of anilines is 1. The number of carbonyl (C=O) groups is 1. The van der Waals surface area contributed by atoms with Crippen molar-refractivity contribution in [2.24, 2.45) is 0 Å². The number of ether oxygens (including phenoxy) is 1. The lowest BCUT2D eigenvalue weighted by molar-refractivity contribution is -0.136. The van der Waals surface area contributed by atoms with Crippen molar-refractivity contribution < 1.29 is 19.1 Å². The van der Waals surface area contributed by atoms with Crippen LogP contribution in [0.25, 0.3) is 0 Å². The van der Waals surface area contributed by atoms with Gasteiger partial charge in [0.1, 0.15) is 30.1 Å². The molecule has 0 saturated heterocycles. The van der Waals surface area contributed by atoms with Crippen molar-refractivity contribution in [3.63, 3.8) is 0 Å². The number of nitrogens with zero attached hydrogens (tertiary/aromatic N) is 1. The molecule has 3 N–H and O–H groups in total. The maximum Gasteiger partial charge on any atom is 0.311 e. The molecule has 1 aromatic heterocycles. The standard InChI is InChI=1S/C24H23N3O4/c25-14-17-7-4-8-20-24(17)31-21(15-27-20)23(16-5-2-1-3-6-16)26-12-11-18-9-10-19(30-18)13-22(28)29/h1-10,21,23,26-27H,11-13,15H2,(H,28,29)/t21-,23-/m1/s1. The molecule has 0 aliphatic carbocycles. The van der Waals surface area contributed by atoms with Crippen LogP contribution in [0.3, 0.4) is 0 Å². The zero-order valence-corrected chi connectivity index (χ0v) is 16.9. The minimum absolute atomic E-state index is 0.109. The lowest BCUT2D eigenvalue weighted by Gasteiger charge is -2.34. The summed E-state index contributed by atoms with van der Waals surface area (Å²) < 4.78 is 11.9. The molecule has 0 bridgehead atoms. The molecule has 4 rings (SSSR count). The summed E-state index contributed by atoms with van der Waals surface area (Å²) >= 11 is 0. The molecule has 0 radical (unpaired) electrons. The summed E-state index contributed by atoms with van der Waals surface area (Å²) in [7, 11) is 0. The molecule has 0 saturated carbocycles. The number of furan rings is 1. The van der Waals surface area contributed by atoms with Crippen LogP contribution in [0, 0.1) is 11.3 Å². The van der Waals surface area contributed by atoms with Crippen molar-refractivity contribution in [3.05, 3.63) is 83.3 Å². The molecular formula is C24H23N3O4. The molecule has 0 fully saturated rings. The van der Waals surface area contributed by atoms with Crippen LogP contribution >= 0.6 is 0 Å². The second kappa shape index (κ2) is 9.37. The van der Waals surface area contributed by atoms with Gasteiger partial charge >= 0.3 is 5.97 Å². The molecule has 7 nitrogen and oxygen atoms in total. The predicted molar refractivity (Wildman–Crippen MR) is 115 cm³/mol. The van der Waals surface area contributed by atoms with Gasteiger partial charge in [-0.2, -0.15) is 5.26 Å². The van der Waals surface area contributed by atoms with Gasteiger partial charge in [0.2, 0.25) is 0 Å². The molecule has 158 valence electrons. The first kappa shape index (κ1) is 20.5. The summed E-state index contributed by atoms with van der Waals surface area (Å²) in [5, 5.41) is 25.3. The third-order valence-corrected chi connectivity index (χ3v) is 5.21. The van der Waals surface area contributed by atoms with Crippen molar-refractivity contribution in [2.75, 3.05) is 18.4 Å². The van der Waals surface area contributed by atoms with Gasteiger partial charge in [0.15, 0.2) is 5.75 Å². The Bertz CT molecular complexity index is 1090. The van der Waals surface area contributed by atoms with Gasteiger partial charge in [-0.15, -0.1) is 0 Å². The molecule has 2 atom stereocenters. The summed E-state index contributed by atoms with van der Waals surface area (Å²) in [5.41, 5.74) is 2.41. The average Bonchev–Trinajstić information content (AvgIpc) is 3.23. The number of rotatable bonds is 8. The Morgan fingerprint density at radius 2 is 1.97 bits per heavy atom. The van der Waals surface area contributed by atoms with Crippen molar-refractivity contribution in [1.82, 2.24) is 5.32 Å². The van der Waals surface area contributed by atoms with E-state index in [4.69, 9.17) is 14.3 Å². The Balaban J connectivity index is 1.48. The minimum atomic E-state index is -0.915. The highest BCUT2D eigenvalue weighted by Gasteiger charge is 2.30. The maximum absolute atomic E-state index is 10.8. The predicted octanol–water partition coefficient (Wildman–Crippen LogP) is 3.52. The number of fused-ring (bicyclic) bond motifs is 1. The topological polar surface area (TPSA) is 108 Å². The van der Waals surface area contributed by atoms with Crippen LogP contribution in [-0.2, 0) is 17.6 Å². The summed E-state index contributed by atoms with van der Waals surface area (Å²) in [4.78, 5) is 10.8. The quantitative estimate of drug-likeness (QED) is 0.515. The van der Waals surface area contributed by atoms with E-state index >= 15 is 0 Å². The SMILES string of the molecule is N#Cc1cccc2c1O[C@@H]([C@H](NCCc1ccc(CC(=O)O)o1)c1ccccc1)CN2. The number of carboxylic acid groups (broad SMARTS) is 1. The molecule has 1 aliphatic heterocycles. The Labute approximate surface area is 180 Å². The lowest BCUT2D eigenvalue weighted by atomic mass is 9.99. The molecular weight excluding hydrogens is 394 g/mol. The Kier molecular flexibility index (Phi) is 6.20. The fourth-order valence-corrected chi connectivity index (χ4v) is 3.76. The van der Waals surface area contributed by atoms with E-state index in [0.717, 1.165) is 17.0 Å². The smallest absolute Gasteiger partial charge is 0.311 e. The average molecular weight is 417 g/mol. The number of benzene rings is 2. The van der Waals surface area contributed by atoms with Gasteiger partial charge in [-0.1, -0.05) is 36.4 Å². The van der Waals surface area contributed by atoms with Gasteiger partial charge in [-0.3, -0.25) is 4.79 Å². The normalized spacial score (nSPS) is 15.8. The van der Waals surface area contributed by atoms with E-state index < -0.39 is 5.97 Å². The van der Waals surface area contributed by atoms with Crippen molar-refractivity contribution in [1.29, 1.82) is 5.26 Å². The van der Waals surface area contributed by atoms with Crippen molar-refractivity contribution >= 4 is 11.7 Å². The van der Waals surface area contributed by atoms with Crippen LogP contribution in [0.1, 0.15) is 28.7 Å². The molecule has 0 amide bonds. The number of hydrogen-bond donors (Lipinski definition) is 3. The van der Waals surface area contributed by atoms with E-state index in [1.54, 1.807) is 12.1 Å². The number of carboxylic acids is 1. The van der Waals surface area contributed by atoms with Gasteiger partial charge < -0.3 is 24.9 Å². The van der Waals surface area contributed by atoms with Gasteiger partial charge in [-0.25, -0.2) is 0 Å². The number of hydrogen-bond acceptors (Lipinski definition) is 6. The van der Waals surface area contributed by atoms with Crippen LogP contribution in [0.2, 0.25) is 0 Å². The fraction of sp³-hybridized carbons (Fsp3) is 0.250. The first-order chi connectivity index (χ1) is 15.1. The van der Waals surface area contributed by atoms with Crippen LogP contribution in [0.4, 0.5) is 5.69 Å². The van der Waals surface area contributed by atoms with Gasteiger partial charge in [0.25, 0.3) is 0 Å². The summed E-state index contributed by atoms with van der Waals surface area (Å²) in [6.07, 6.45) is 0.273. The second-order valence-corrected chi connectivity index (χ2v) is 7.36. The zero-order chi connectivity index (χ0) is 21.6. The zero-order valence-electron chi connectivity index (χ0n) is 16.9. The Morgan fingerprint density at radius 3 is 2.74 bits per heavy atom. The van der Waals surface area contributed by atoms with Gasteiger partial charge in [-0.05, 0) is 29.8 Å². The van der Waals surface area contributed by atoms with E-state index in [0.29, 0.717) is 36.6 Å². The lowest BCUT2D eigenvalue weighted by Crippen LogP contribution is -2.43. The van der Waals surface area contributed by atoms with E-state index in [1.807, 2.05) is 48.5 Å². The molecule has 2 aromatic carbocycles. The number of aliphatic carboxylic acids is 1. The van der Waals surface area contributed by atoms with Crippen LogP contribution in [0.5, 0.6) is 5.75 Å². The van der Waals surface area contributed by atoms with Crippen LogP contribution in [-0.4, -0.2) is 30.3 Å². The van der Waals surface area contributed by atoms with Crippen molar-refractivity contribution in [2.45, 2.75) is 25.0 Å². The summed E-state index contributed by atoms with van der Waals surface area (Å²) in [5.74, 6) is 0.841. The number of nitriles is 1. The second-order valence-electron chi connectivity index (χ2n) is 7.36. The Morgan fingerprint density at radius 1 is 1.16 bits per heavy atom. The van der Waals surface area contributed by atoms with Crippen molar-refractivity contribution in [3.8, 4) is 11.8 Å². The summed E-state index contributed by atoms with van der Waals surface area (Å²) in [6, 6.07) is 21.1. The first-order valence-corrected chi connectivity index (χ1v) is 10.2. The van der Waals surface area contributed by atoms with Gasteiger partial charge in [0, 0.05) is 13.0 Å². The highest BCUT2D eigenvalue weighted by atomic mass is 16.5. The molecule has 1 aliphatic rings. The molecule has 3 aromatic rings. The fourth-order valence-electron chi connectivity index (χ4n) is 3.76. The third-order valence-electron chi connectivity index (χ3n) is 5.21. The molecule has 0 spiro atoms. The monoisotopic (exact) mass is 417 g/mol.